The van der Waals surface area contributed by atoms with Gasteiger partial charge in [-0.3, -0.25) is 4.99 Å². The van der Waals surface area contributed by atoms with Crippen LogP contribution in [0.5, 0.6) is 0 Å². The van der Waals surface area contributed by atoms with E-state index in [0.29, 0.717) is 11.3 Å². The molecule has 1 aromatic heterocycles. The third-order valence-electron chi connectivity index (χ3n) is 3.42. The van der Waals surface area contributed by atoms with E-state index in [0.717, 1.165) is 22.6 Å². The first-order valence-corrected chi connectivity index (χ1v) is 8.14. The van der Waals surface area contributed by atoms with Gasteiger partial charge < -0.3 is 4.42 Å². The second kappa shape index (κ2) is 6.80. The second-order valence-electron chi connectivity index (χ2n) is 5.08. The number of hydrogen-bond donors (Lipinski definition) is 0. The van der Waals surface area contributed by atoms with Gasteiger partial charge in [-0.05, 0) is 89.7 Å². The molecule has 4 heteroatoms. The summed E-state index contributed by atoms with van der Waals surface area (Å²) in [5.74, 6) is 1.46. The first-order chi connectivity index (χ1) is 11.2. The van der Waals surface area contributed by atoms with E-state index in [1.54, 1.807) is 18.3 Å². The van der Waals surface area contributed by atoms with Gasteiger partial charge in [0.25, 0.3) is 0 Å². The van der Waals surface area contributed by atoms with Crippen LogP contribution in [-0.4, -0.2) is 6.21 Å². The van der Waals surface area contributed by atoms with Crippen molar-refractivity contribution in [1.82, 2.24) is 0 Å². The molecule has 0 aliphatic rings. The number of rotatable bonds is 3. The molecular formula is C19H13IN2O. The lowest BCUT2D eigenvalue weighted by Gasteiger charge is -1.99. The highest BCUT2D eigenvalue weighted by atomic mass is 127. The number of aryl methyl sites for hydroxylation is 1. The van der Waals surface area contributed by atoms with E-state index in [1.807, 2.05) is 43.3 Å². The summed E-state index contributed by atoms with van der Waals surface area (Å²) in [6, 6.07) is 19.3. The maximum atomic E-state index is 8.83. The summed E-state index contributed by atoms with van der Waals surface area (Å²) in [6.45, 7) is 2.04. The van der Waals surface area contributed by atoms with Gasteiger partial charge >= 0.3 is 0 Å². The lowest BCUT2D eigenvalue weighted by molar-refractivity contribution is 0.575. The van der Waals surface area contributed by atoms with Crippen LogP contribution in [-0.2, 0) is 0 Å². The number of hydrogen-bond acceptors (Lipinski definition) is 3. The van der Waals surface area contributed by atoms with Crippen LogP contribution in [0.15, 0.2) is 64.0 Å². The minimum Gasteiger partial charge on any atom is -0.455 e. The molecule has 0 aliphatic carbocycles. The molecule has 3 nitrogen and oxygen atoms in total. The Kier molecular flexibility index (Phi) is 4.58. The van der Waals surface area contributed by atoms with Crippen LogP contribution in [0.4, 0.5) is 5.69 Å². The van der Waals surface area contributed by atoms with E-state index in [2.05, 4.69) is 39.7 Å². The van der Waals surface area contributed by atoms with Crippen molar-refractivity contribution in [3.63, 3.8) is 0 Å². The van der Waals surface area contributed by atoms with Gasteiger partial charge in [-0.1, -0.05) is 0 Å². The van der Waals surface area contributed by atoms with Crippen LogP contribution < -0.4 is 0 Å². The van der Waals surface area contributed by atoms with Gasteiger partial charge in [0, 0.05) is 9.13 Å². The topological polar surface area (TPSA) is 49.3 Å². The van der Waals surface area contributed by atoms with Crippen molar-refractivity contribution in [2.75, 3.05) is 0 Å². The molecular weight excluding hydrogens is 399 g/mol. The fourth-order valence-corrected chi connectivity index (χ4v) is 2.83. The standard InChI is InChI=1S/C19H13IN2O/c1-13-10-16(20)6-8-18(13)22-12-17-7-9-19(23-17)15-4-2-14(11-21)3-5-15/h2-10,12H,1H3. The summed E-state index contributed by atoms with van der Waals surface area (Å²) in [4.78, 5) is 4.49. The largest absolute Gasteiger partial charge is 0.455 e. The highest BCUT2D eigenvalue weighted by Crippen LogP contribution is 2.23. The highest BCUT2D eigenvalue weighted by Gasteiger charge is 2.04. The Balaban J connectivity index is 1.81. The molecule has 0 amide bonds. The molecule has 0 spiro atoms. The number of furan rings is 1. The van der Waals surface area contributed by atoms with Crippen molar-refractivity contribution < 1.29 is 4.42 Å². The summed E-state index contributed by atoms with van der Waals surface area (Å²) in [5, 5.41) is 8.83. The molecule has 3 aromatic rings. The predicted molar refractivity (Wildman–Crippen MR) is 100 cm³/mol. The minimum absolute atomic E-state index is 0.635. The normalized spacial score (nSPS) is 10.8. The monoisotopic (exact) mass is 412 g/mol. The molecule has 3 rings (SSSR count). The number of nitriles is 1. The Hall–Kier alpha value is -2.39. The van der Waals surface area contributed by atoms with E-state index >= 15 is 0 Å². The molecule has 1 heterocycles. The number of halogens is 1. The summed E-state index contributed by atoms with van der Waals surface area (Å²) in [6.07, 6.45) is 1.72. The zero-order valence-electron chi connectivity index (χ0n) is 12.5. The van der Waals surface area contributed by atoms with Gasteiger partial charge in [-0.2, -0.15) is 5.26 Å². The van der Waals surface area contributed by atoms with Crippen LogP contribution >= 0.6 is 22.6 Å². The molecule has 0 unspecified atom stereocenters. The van der Waals surface area contributed by atoms with Crippen molar-refractivity contribution in [3.05, 3.63) is 75.1 Å². The minimum atomic E-state index is 0.635. The molecule has 0 N–H and O–H groups in total. The van der Waals surface area contributed by atoms with Crippen LogP contribution in [0.3, 0.4) is 0 Å². The Labute approximate surface area is 148 Å². The van der Waals surface area contributed by atoms with Crippen molar-refractivity contribution >= 4 is 34.5 Å². The predicted octanol–water partition coefficient (Wildman–Crippen LogP) is 5.48. The van der Waals surface area contributed by atoms with Gasteiger partial charge in [-0.25, -0.2) is 0 Å². The summed E-state index contributed by atoms with van der Waals surface area (Å²) in [7, 11) is 0. The zero-order chi connectivity index (χ0) is 16.2. The van der Waals surface area contributed by atoms with Gasteiger partial charge in [0.1, 0.15) is 11.5 Å². The maximum absolute atomic E-state index is 8.83. The Morgan fingerprint density at radius 3 is 2.57 bits per heavy atom. The Morgan fingerprint density at radius 2 is 1.87 bits per heavy atom. The zero-order valence-corrected chi connectivity index (χ0v) is 14.6. The van der Waals surface area contributed by atoms with Gasteiger partial charge in [0.2, 0.25) is 0 Å². The van der Waals surface area contributed by atoms with Crippen LogP contribution in [0.1, 0.15) is 16.9 Å². The number of nitrogens with zero attached hydrogens (tertiary/aromatic N) is 2. The molecule has 23 heavy (non-hydrogen) atoms. The van der Waals surface area contributed by atoms with Gasteiger partial charge in [0.15, 0.2) is 0 Å². The average Bonchev–Trinajstić information content (AvgIpc) is 3.03. The summed E-state index contributed by atoms with van der Waals surface area (Å²) < 4.78 is 6.99. The van der Waals surface area contributed by atoms with E-state index < -0.39 is 0 Å². The van der Waals surface area contributed by atoms with Crippen molar-refractivity contribution in [3.8, 4) is 17.4 Å². The molecule has 2 aromatic carbocycles. The van der Waals surface area contributed by atoms with Crippen molar-refractivity contribution in [2.24, 2.45) is 4.99 Å². The van der Waals surface area contributed by atoms with E-state index in [-0.39, 0.29) is 0 Å². The number of aliphatic imine (C=N–C) groups is 1. The molecule has 112 valence electrons. The summed E-state index contributed by atoms with van der Waals surface area (Å²) in [5.41, 5.74) is 3.64. The molecule has 0 atom stereocenters. The van der Waals surface area contributed by atoms with Gasteiger partial charge in [0.05, 0.1) is 23.5 Å². The fourth-order valence-electron chi connectivity index (χ4n) is 2.18. The maximum Gasteiger partial charge on any atom is 0.145 e. The lowest BCUT2D eigenvalue weighted by Crippen LogP contribution is -1.79. The van der Waals surface area contributed by atoms with E-state index in [1.165, 1.54) is 3.57 Å². The molecule has 0 saturated heterocycles. The number of benzene rings is 2. The lowest BCUT2D eigenvalue weighted by atomic mass is 10.1. The Morgan fingerprint density at radius 1 is 1.09 bits per heavy atom. The second-order valence-corrected chi connectivity index (χ2v) is 6.33. The van der Waals surface area contributed by atoms with Crippen LogP contribution in [0.2, 0.25) is 0 Å². The van der Waals surface area contributed by atoms with Crippen molar-refractivity contribution in [2.45, 2.75) is 6.92 Å². The van der Waals surface area contributed by atoms with Crippen LogP contribution in [0.25, 0.3) is 11.3 Å². The third-order valence-corrected chi connectivity index (χ3v) is 4.09. The summed E-state index contributed by atoms with van der Waals surface area (Å²) >= 11 is 2.29. The van der Waals surface area contributed by atoms with Gasteiger partial charge in [-0.15, -0.1) is 0 Å². The molecule has 0 aliphatic heterocycles. The Bertz CT molecular complexity index is 902. The molecule has 0 fully saturated rings. The molecule has 0 radical (unpaired) electrons. The molecule has 0 saturated carbocycles. The third kappa shape index (κ3) is 3.69. The smallest absolute Gasteiger partial charge is 0.145 e. The van der Waals surface area contributed by atoms with Crippen LogP contribution in [0, 0.1) is 21.8 Å². The first-order valence-electron chi connectivity index (χ1n) is 7.06. The van der Waals surface area contributed by atoms with E-state index in [9.17, 15) is 0 Å². The SMILES string of the molecule is Cc1cc(I)ccc1N=Cc1ccc(-c2ccc(C#N)cc2)o1. The highest BCUT2D eigenvalue weighted by molar-refractivity contribution is 14.1. The quantitative estimate of drug-likeness (QED) is 0.423. The van der Waals surface area contributed by atoms with E-state index in [4.69, 9.17) is 9.68 Å². The first kappa shape index (κ1) is 15.5. The fraction of sp³-hybridized carbons (Fsp3) is 0.0526. The average molecular weight is 412 g/mol. The van der Waals surface area contributed by atoms with Crippen molar-refractivity contribution in [1.29, 1.82) is 5.26 Å². The molecule has 0 bridgehead atoms.